The third-order valence-electron chi connectivity index (χ3n) is 4.70. The van der Waals surface area contributed by atoms with E-state index in [1.165, 1.54) is 22.2 Å². The standard InChI is InChI=1S/C19H20N2O2/c1-12-13(2)21(10-16-11-23-16)19-17(12)8-9-20-18(19)14-4-6-15(22-3)7-5-14/h4-9,16H,10-11H2,1-3H3. The molecule has 2 aromatic heterocycles. The maximum atomic E-state index is 5.44. The molecule has 4 nitrogen and oxygen atoms in total. The molecular weight excluding hydrogens is 288 g/mol. The minimum atomic E-state index is 0.340. The fraction of sp³-hybridized carbons (Fsp3) is 0.316. The molecule has 0 radical (unpaired) electrons. The average Bonchev–Trinajstić information content (AvgIpc) is 3.38. The fourth-order valence-corrected chi connectivity index (χ4v) is 3.16. The molecule has 4 rings (SSSR count). The van der Waals surface area contributed by atoms with Gasteiger partial charge in [-0.1, -0.05) is 0 Å². The first kappa shape index (κ1) is 14.3. The molecule has 0 saturated carbocycles. The molecule has 23 heavy (non-hydrogen) atoms. The highest BCUT2D eigenvalue weighted by atomic mass is 16.6. The number of aromatic nitrogens is 2. The normalized spacial score (nSPS) is 16.7. The zero-order chi connectivity index (χ0) is 16.0. The van der Waals surface area contributed by atoms with Crippen LogP contribution < -0.4 is 4.74 Å². The summed E-state index contributed by atoms with van der Waals surface area (Å²) in [6.45, 7) is 6.11. The van der Waals surface area contributed by atoms with Crippen LogP contribution in [0, 0.1) is 13.8 Å². The van der Waals surface area contributed by atoms with Crippen molar-refractivity contribution in [1.29, 1.82) is 0 Å². The molecular formula is C19H20N2O2. The number of epoxide rings is 1. The van der Waals surface area contributed by atoms with Crippen molar-refractivity contribution in [3.63, 3.8) is 0 Å². The second-order valence-corrected chi connectivity index (χ2v) is 6.06. The molecule has 1 atom stereocenters. The first-order valence-corrected chi connectivity index (χ1v) is 7.89. The Morgan fingerprint density at radius 3 is 2.61 bits per heavy atom. The molecule has 4 heteroatoms. The molecule has 0 bridgehead atoms. The smallest absolute Gasteiger partial charge is 0.118 e. The number of hydrogen-bond acceptors (Lipinski definition) is 3. The summed E-state index contributed by atoms with van der Waals surface area (Å²) in [7, 11) is 1.68. The highest BCUT2D eigenvalue weighted by Gasteiger charge is 2.26. The molecule has 118 valence electrons. The molecule has 1 saturated heterocycles. The molecule has 1 aliphatic heterocycles. The lowest BCUT2D eigenvalue weighted by atomic mass is 10.1. The van der Waals surface area contributed by atoms with Crippen molar-refractivity contribution < 1.29 is 9.47 Å². The summed E-state index contributed by atoms with van der Waals surface area (Å²) in [5, 5.41) is 1.27. The van der Waals surface area contributed by atoms with Crippen LogP contribution in [0.2, 0.25) is 0 Å². The number of nitrogens with zero attached hydrogens (tertiary/aromatic N) is 2. The predicted molar refractivity (Wildman–Crippen MR) is 90.9 cm³/mol. The van der Waals surface area contributed by atoms with Gasteiger partial charge in [0.2, 0.25) is 0 Å². The number of pyridine rings is 1. The summed E-state index contributed by atoms with van der Waals surface area (Å²) in [5.41, 5.74) is 5.92. The summed E-state index contributed by atoms with van der Waals surface area (Å²) in [5.74, 6) is 0.857. The lowest BCUT2D eigenvalue weighted by Crippen LogP contribution is -2.06. The van der Waals surface area contributed by atoms with Gasteiger partial charge in [-0.15, -0.1) is 0 Å². The number of hydrogen-bond donors (Lipinski definition) is 0. The van der Waals surface area contributed by atoms with Crippen LogP contribution in [-0.2, 0) is 11.3 Å². The van der Waals surface area contributed by atoms with Gasteiger partial charge in [0.1, 0.15) is 5.75 Å². The van der Waals surface area contributed by atoms with Crippen molar-refractivity contribution in [2.45, 2.75) is 26.5 Å². The Kier molecular flexibility index (Phi) is 3.34. The fourth-order valence-electron chi connectivity index (χ4n) is 3.16. The predicted octanol–water partition coefficient (Wildman–Crippen LogP) is 3.73. The first-order chi connectivity index (χ1) is 11.2. The van der Waals surface area contributed by atoms with Crippen LogP contribution in [0.4, 0.5) is 0 Å². The molecule has 1 aliphatic rings. The van der Waals surface area contributed by atoms with Crippen LogP contribution in [0.25, 0.3) is 22.2 Å². The quantitative estimate of drug-likeness (QED) is 0.690. The lowest BCUT2D eigenvalue weighted by molar-refractivity contribution is 0.384. The zero-order valence-corrected chi connectivity index (χ0v) is 13.7. The van der Waals surface area contributed by atoms with E-state index in [1.807, 2.05) is 18.3 Å². The average molecular weight is 308 g/mol. The van der Waals surface area contributed by atoms with Crippen molar-refractivity contribution in [2.24, 2.45) is 0 Å². The highest BCUT2D eigenvalue weighted by Crippen LogP contribution is 2.34. The van der Waals surface area contributed by atoms with Gasteiger partial charge < -0.3 is 14.0 Å². The Hall–Kier alpha value is -2.33. The van der Waals surface area contributed by atoms with Crippen LogP contribution in [0.5, 0.6) is 5.75 Å². The van der Waals surface area contributed by atoms with E-state index in [2.05, 4.69) is 41.6 Å². The summed E-state index contributed by atoms with van der Waals surface area (Å²) < 4.78 is 13.1. The summed E-state index contributed by atoms with van der Waals surface area (Å²) in [6, 6.07) is 10.2. The first-order valence-electron chi connectivity index (χ1n) is 7.89. The van der Waals surface area contributed by atoms with Gasteiger partial charge in [0, 0.05) is 22.8 Å². The number of benzene rings is 1. The number of ether oxygens (including phenoxy) is 2. The molecule has 1 aromatic carbocycles. The topological polar surface area (TPSA) is 39.6 Å². The Labute approximate surface area is 135 Å². The minimum Gasteiger partial charge on any atom is -0.497 e. The van der Waals surface area contributed by atoms with Crippen LogP contribution in [-0.4, -0.2) is 29.4 Å². The summed E-state index contributed by atoms with van der Waals surface area (Å²) in [4.78, 5) is 4.67. The van der Waals surface area contributed by atoms with Gasteiger partial charge in [0.15, 0.2) is 0 Å². The van der Waals surface area contributed by atoms with E-state index in [-0.39, 0.29) is 0 Å². The monoisotopic (exact) mass is 308 g/mol. The molecule has 3 heterocycles. The van der Waals surface area contributed by atoms with Gasteiger partial charge in [0.25, 0.3) is 0 Å². The third-order valence-corrected chi connectivity index (χ3v) is 4.70. The van der Waals surface area contributed by atoms with E-state index in [4.69, 9.17) is 9.47 Å². The maximum Gasteiger partial charge on any atom is 0.118 e. The van der Waals surface area contributed by atoms with Gasteiger partial charge in [-0.2, -0.15) is 0 Å². The number of methoxy groups -OCH3 is 1. The SMILES string of the molecule is COc1ccc(-c2nccc3c(C)c(C)n(CC4CO4)c23)cc1. The number of rotatable bonds is 4. The van der Waals surface area contributed by atoms with Crippen LogP contribution in [0.1, 0.15) is 11.3 Å². The third kappa shape index (κ3) is 2.39. The summed E-state index contributed by atoms with van der Waals surface area (Å²) >= 11 is 0. The lowest BCUT2D eigenvalue weighted by Gasteiger charge is -2.10. The van der Waals surface area contributed by atoms with E-state index in [0.29, 0.717) is 6.10 Å². The largest absolute Gasteiger partial charge is 0.497 e. The van der Waals surface area contributed by atoms with Gasteiger partial charge in [-0.05, 0) is 49.7 Å². The van der Waals surface area contributed by atoms with E-state index >= 15 is 0 Å². The van der Waals surface area contributed by atoms with Crippen LogP contribution >= 0.6 is 0 Å². The van der Waals surface area contributed by atoms with Crippen molar-refractivity contribution in [3.8, 4) is 17.0 Å². The second kappa shape index (κ2) is 5.39. The Morgan fingerprint density at radius 2 is 1.96 bits per heavy atom. The van der Waals surface area contributed by atoms with Crippen molar-refractivity contribution in [3.05, 3.63) is 47.8 Å². The van der Waals surface area contributed by atoms with Crippen molar-refractivity contribution in [2.75, 3.05) is 13.7 Å². The van der Waals surface area contributed by atoms with E-state index in [1.54, 1.807) is 7.11 Å². The molecule has 1 fully saturated rings. The van der Waals surface area contributed by atoms with Gasteiger partial charge in [0.05, 0.1) is 37.6 Å². The molecule has 3 aromatic rings. The Balaban J connectivity index is 1.92. The van der Waals surface area contributed by atoms with E-state index in [9.17, 15) is 0 Å². The summed E-state index contributed by atoms with van der Waals surface area (Å²) in [6.07, 6.45) is 2.24. The van der Waals surface area contributed by atoms with Gasteiger partial charge in [-0.25, -0.2) is 0 Å². The number of fused-ring (bicyclic) bond motifs is 1. The maximum absolute atomic E-state index is 5.44. The molecule has 0 spiro atoms. The highest BCUT2D eigenvalue weighted by molar-refractivity contribution is 5.95. The second-order valence-electron chi connectivity index (χ2n) is 6.06. The van der Waals surface area contributed by atoms with E-state index < -0.39 is 0 Å². The van der Waals surface area contributed by atoms with Gasteiger partial charge >= 0.3 is 0 Å². The Bertz CT molecular complexity index is 861. The molecule has 0 N–H and O–H groups in total. The Morgan fingerprint density at radius 1 is 1.22 bits per heavy atom. The van der Waals surface area contributed by atoms with Crippen molar-refractivity contribution >= 4 is 10.9 Å². The zero-order valence-electron chi connectivity index (χ0n) is 13.7. The van der Waals surface area contributed by atoms with Crippen molar-refractivity contribution in [1.82, 2.24) is 9.55 Å². The van der Waals surface area contributed by atoms with E-state index in [0.717, 1.165) is 30.2 Å². The number of aryl methyl sites for hydroxylation is 1. The molecule has 1 unspecified atom stereocenters. The van der Waals surface area contributed by atoms with Gasteiger partial charge in [-0.3, -0.25) is 4.98 Å². The minimum absolute atomic E-state index is 0.340. The molecule has 0 aliphatic carbocycles. The van der Waals surface area contributed by atoms with Crippen LogP contribution in [0.15, 0.2) is 36.5 Å². The molecule has 0 amide bonds. The van der Waals surface area contributed by atoms with Crippen LogP contribution in [0.3, 0.4) is 0 Å².